The molecule has 0 spiro atoms. The Labute approximate surface area is 142 Å². The number of aliphatic hydroxyl groups excluding tert-OH is 1. The first-order valence-electron chi connectivity index (χ1n) is 8.53. The monoisotopic (exact) mass is 328 g/mol. The lowest BCUT2D eigenvalue weighted by molar-refractivity contribution is 0.176. The van der Waals surface area contributed by atoms with Crippen LogP contribution >= 0.6 is 0 Å². The summed E-state index contributed by atoms with van der Waals surface area (Å²) in [6.45, 7) is 4.09. The molecule has 1 saturated heterocycles. The van der Waals surface area contributed by atoms with Crippen molar-refractivity contribution in [2.24, 2.45) is 0 Å². The molecule has 1 aromatic heterocycles. The number of carbonyl (C=O) groups is 1. The zero-order valence-corrected chi connectivity index (χ0v) is 14.0. The van der Waals surface area contributed by atoms with E-state index in [1.165, 1.54) is 0 Å². The van der Waals surface area contributed by atoms with Gasteiger partial charge in [-0.1, -0.05) is 25.5 Å². The number of imidazole rings is 1. The number of amides is 2. The minimum Gasteiger partial charge on any atom is -0.391 e. The second-order valence-corrected chi connectivity index (χ2v) is 6.20. The van der Waals surface area contributed by atoms with E-state index >= 15 is 0 Å². The van der Waals surface area contributed by atoms with Gasteiger partial charge in [-0.25, -0.2) is 9.78 Å². The Balaban J connectivity index is 1.72. The number of β-amino-alcohol motifs (C(OH)–C–C–N with tert-alkyl or cyclic N) is 1. The number of carbonyl (C=O) groups excluding carboxylic acids is 1. The molecule has 0 unspecified atom stereocenters. The van der Waals surface area contributed by atoms with E-state index in [1.807, 2.05) is 36.7 Å². The molecule has 6 nitrogen and oxygen atoms in total. The number of anilines is 1. The van der Waals surface area contributed by atoms with Crippen LogP contribution in [0.3, 0.4) is 0 Å². The van der Waals surface area contributed by atoms with Gasteiger partial charge in [0.15, 0.2) is 0 Å². The quantitative estimate of drug-likeness (QED) is 0.886. The van der Waals surface area contributed by atoms with Crippen molar-refractivity contribution in [1.29, 1.82) is 0 Å². The number of nitrogens with zero attached hydrogens (tertiary/aromatic N) is 3. The smallest absolute Gasteiger partial charge is 0.321 e. The Morgan fingerprint density at radius 2 is 2.33 bits per heavy atom. The van der Waals surface area contributed by atoms with Gasteiger partial charge in [0.2, 0.25) is 0 Å². The normalized spacial score (nSPS) is 17.2. The lowest BCUT2D eigenvalue weighted by Gasteiger charge is -2.17. The molecule has 2 N–H and O–H groups in total. The Bertz CT molecular complexity index is 698. The number of aromatic nitrogens is 2. The maximum absolute atomic E-state index is 12.2. The maximum atomic E-state index is 12.2. The molecule has 0 saturated carbocycles. The molecule has 0 radical (unpaired) electrons. The van der Waals surface area contributed by atoms with Gasteiger partial charge >= 0.3 is 6.03 Å². The van der Waals surface area contributed by atoms with Crippen molar-refractivity contribution in [2.75, 3.05) is 18.4 Å². The SMILES string of the molecule is CCCCn1ccnc1-c1cccc(NC(=O)N2CC[C@@H](O)C2)c1. The molecule has 1 aromatic carbocycles. The highest BCUT2D eigenvalue weighted by Gasteiger charge is 2.24. The van der Waals surface area contributed by atoms with Crippen LogP contribution in [0.5, 0.6) is 0 Å². The zero-order chi connectivity index (χ0) is 16.9. The Hall–Kier alpha value is -2.34. The molecule has 0 aliphatic carbocycles. The fraction of sp³-hybridized carbons (Fsp3) is 0.444. The van der Waals surface area contributed by atoms with Crippen LogP contribution in [-0.4, -0.2) is 44.8 Å². The number of nitrogens with one attached hydrogen (secondary N) is 1. The van der Waals surface area contributed by atoms with E-state index in [0.717, 1.165) is 36.5 Å². The molecule has 128 valence electrons. The van der Waals surface area contributed by atoms with Gasteiger partial charge < -0.3 is 19.9 Å². The highest BCUT2D eigenvalue weighted by Crippen LogP contribution is 2.22. The average Bonchev–Trinajstić information content (AvgIpc) is 3.22. The maximum Gasteiger partial charge on any atom is 0.321 e. The van der Waals surface area contributed by atoms with Crippen molar-refractivity contribution in [3.63, 3.8) is 0 Å². The van der Waals surface area contributed by atoms with Crippen LogP contribution in [0.15, 0.2) is 36.7 Å². The van der Waals surface area contributed by atoms with Gasteiger partial charge in [-0.15, -0.1) is 0 Å². The highest BCUT2D eigenvalue weighted by atomic mass is 16.3. The van der Waals surface area contributed by atoms with Crippen molar-refractivity contribution in [3.8, 4) is 11.4 Å². The Morgan fingerprint density at radius 1 is 1.46 bits per heavy atom. The molecule has 3 rings (SSSR count). The van der Waals surface area contributed by atoms with E-state index < -0.39 is 6.10 Å². The van der Waals surface area contributed by atoms with E-state index in [1.54, 1.807) is 4.90 Å². The van der Waals surface area contributed by atoms with Gasteiger partial charge in [-0.3, -0.25) is 0 Å². The van der Waals surface area contributed by atoms with Crippen LogP contribution in [0, 0.1) is 0 Å². The van der Waals surface area contributed by atoms with Crippen molar-refractivity contribution in [1.82, 2.24) is 14.5 Å². The van der Waals surface area contributed by atoms with Crippen LogP contribution in [0.4, 0.5) is 10.5 Å². The topological polar surface area (TPSA) is 70.4 Å². The minimum atomic E-state index is -0.409. The molecule has 1 fully saturated rings. The Kier molecular flexibility index (Phi) is 5.15. The molecule has 6 heteroatoms. The number of rotatable bonds is 5. The summed E-state index contributed by atoms with van der Waals surface area (Å²) in [4.78, 5) is 18.3. The van der Waals surface area contributed by atoms with Gasteiger partial charge in [-0.05, 0) is 25.0 Å². The first-order valence-corrected chi connectivity index (χ1v) is 8.53. The fourth-order valence-corrected chi connectivity index (χ4v) is 2.94. The molecule has 0 bridgehead atoms. The zero-order valence-electron chi connectivity index (χ0n) is 14.0. The second kappa shape index (κ2) is 7.49. The van der Waals surface area contributed by atoms with Crippen molar-refractivity contribution in [3.05, 3.63) is 36.7 Å². The molecule has 1 aliphatic rings. The van der Waals surface area contributed by atoms with Crippen LogP contribution in [0.2, 0.25) is 0 Å². The number of benzene rings is 1. The molecular weight excluding hydrogens is 304 g/mol. The summed E-state index contributed by atoms with van der Waals surface area (Å²) in [5.41, 5.74) is 1.72. The number of aryl methyl sites for hydroxylation is 1. The van der Waals surface area contributed by atoms with E-state index in [9.17, 15) is 9.90 Å². The van der Waals surface area contributed by atoms with E-state index in [-0.39, 0.29) is 6.03 Å². The lowest BCUT2D eigenvalue weighted by Crippen LogP contribution is -2.33. The summed E-state index contributed by atoms with van der Waals surface area (Å²) >= 11 is 0. The summed E-state index contributed by atoms with van der Waals surface area (Å²) in [6, 6.07) is 7.56. The molecule has 1 atom stereocenters. The van der Waals surface area contributed by atoms with Crippen LogP contribution in [0.25, 0.3) is 11.4 Å². The molecule has 2 heterocycles. The predicted octanol–water partition coefficient (Wildman–Crippen LogP) is 2.95. The van der Waals surface area contributed by atoms with Gasteiger partial charge in [0.1, 0.15) is 5.82 Å². The predicted molar refractivity (Wildman–Crippen MR) is 93.8 cm³/mol. The molecule has 2 amide bonds. The molecule has 1 aliphatic heterocycles. The first kappa shape index (κ1) is 16.5. The van der Waals surface area contributed by atoms with Crippen molar-refractivity contribution in [2.45, 2.75) is 38.8 Å². The largest absolute Gasteiger partial charge is 0.391 e. The number of aliphatic hydroxyl groups is 1. The fourth-order valence-electron chi connectivity index (χ4n) is 2.94. The Morgan fingerprint density at radius 3 is 3.08 bits per heavy atom. The molecular formula is C18H24N4O2. The third-order valence-corrected chi connectivity index (χ3v) is 4.29. The third-order valence-electron chi connectivity index (χ3n) is 4.29. The van der Waals surface area contributed by atoms with Crippen molar-refractivity contribution >= 4 is 11.7 Å². The van der Waals surface area contributed by atoms with E-state index in [2.05, 4.69) is 21.8 Å². The van der Waals surface area contributed by atoms with Gasteiger partial charge in [0.05, 0.1) is 6.10 Å². The average molecular weight is 328 g/mol. The number of urea groups is 1. The summed E-state index contributed by atoms with van der Waals surface area (Å²) in [5.74, 6) is 0.913. The standard InChI is InChI=1S/C18H24N4O2/c1-2-3-9-21-11-8-19-17(21)14-5-4-6-15(12-14)20-18(24)22-10-7-16(23)13-22/h4-6,8,11-12,16,23H,2-3,7,9-10,13H2,1H3,(H,20,24)/t16-/m1/s1. The third kappa shape index (κ3) is 3.76. The van der Waals surface area contributed by atoms with Crippen LogP contribution in [-0.2, 0) is 6.54 Å². The number of likely N-dealkylation sites (tertiary alicyclic amines) is 1. The first-order chi connectivity index (χ1) is 11.7. The second-order valence-electron chi connectivity index (χ2n) is 6.20. The number of unbranched alkanes of at least 4 members (excludes halogenated alkanes) is 1. The van der Waals surface area contributed by atoms with Crippen LogP contribution in [0.1, 0.15) is 26.2 Å². The highest BCUT2D eigenvalue weighted by molar-refractivity contribution is 5.90. The van der Waals surface area contributed by atoms with Crippen LogP contribution < -0.4 is 5.32 Å². The minimum absolute atomic E-state index is 0.168. The molecule has 2 aromatic rings. The summed E-state index contributed by atoms with van der Waals surface area (Å²) in [7, 11) is 0. The number of hydrogen-bond donors (Lipinski definition) is 2. The summed E-state index contributed by atoms with van der Waals surface area (Å²) in [5, 5.41) is 12.5. The van der Waals surface area contributed by atoms with Gasteiger partial charge in [0.25, 0.3) is 0 Å². The van der Waals surface area contributed by atoms with E-state index in [4.69, 9.17) is 0 Å². The van der Waals surface area contributed by atoms with E-state index in [0.29, 0.717) is 19.5 Å². The van der Waals surface area contributed by atoms with Gasteiger partial charge in [0, 0.05) is 43.3 Å². The number of hydrogen-bond acceptors (Lipinski definition) is 3. The summed E-state index contributed by atoms with van der Waals surface area (Å²) < 4.78 is 2.14. The van der Waals surface area contributed by atoms with Crippen molar-refractivity contribution < 1.29 is 9.90 Å². The van der Waals surface area contributed by atoms with Gasteiger partial charge in [-0.2, -0.15) is 0 Å². The molecule has 24 heavy (non-hydrogen) atoms. The summed E-state index contributed by atoms with van der Waals surface area (Å²) in [6.07, 6.45) is 6.27. The lowest BCUT2D eigenvalue weighted by atomic mass is 10.2.